The van der Waals surface area contributed by atoms with Crippen LogP contribution in [-0.2, 0) is 11.2 Å². The summed E-state index contributed by atoms with van der Waals surface area (Å²) in [7, 11) is 4.89. The van der Waals surface area contributed by atoms with Gasteiger partial charge in [0.2, 0.25) is 0 Å². The van der Waals surface area contributed by atoms with Gasteiger partial charge < -0.3 is 14.4 Å². The molecule has 1 aliphatic rings. The summed E-state index contributed by atoms with van der Waals surface area (Å²) in [4.78, 5) is 14.2. The average Bonchev–Trinajstić information content (AvgIpc) is 3.00. The molecule has 0 bridgehead atoms. The number of amides is 1. The van der Waals surface area contributed by atoms with E-state index in [0.717, 1.165) is 49.2 Å². The van der Waals surface area contributed by atoms with Crippen LogP contribution in [0.15, 0.2) is 18.2 Å². The van der Waals surface area contributed by atoms with Crippen LogP contribution >= 0.6 is 0 Å². The maximum Gasteiger partial charge on any atom is 0.253 e. The van der Waals surface area contributed by atoms with Gasteiger partial charge in [0, 0.05) is 32.9 Å². The number of nitrogens with zero attached hydrogens (tertiary/aromatic N) is 1. The second-order valence-electron chi connectivity index (χ2n) is 4.83. The van der Waals surface area contributed by atoms with Gasteiger partial charge in [-0.15, -0.1) is 0 Å². The Labute approximate surface area is 121 Å². The van der Waals surface area contributed by atoms with Crippen LogP contribution in [0.5, 0.6) is 5.75 Å². The van der Waals surface area contributed by atoms with Crippen molar-refractivity contribution in [1.82, 2.24) is 4.90 Å². The Kier molecular flexibility index (Phi) is 7.09. The normalized spacial score (nSPS) is 13.7. The zero-order valence-electron chi connectivity index (χ0n) is 12.9. The smallest absolute Gasteiger partial charge is 0.253 e. The number of rotatable bonds is 3. The van der Waals surface area contributed by atoms with Crippen LogP contribution in [0.4, 0.5) is 0 Å². The molecule has 1 amide bonds. The summed E-state index contributed by atoms with van der Waals surface area (Å²) < 4.78 is 9.49. The second-order valence-corrected chi connectivity index (χ2v) is 4.83. The molecule has 20 heavy (non-hydrogen) atoms. The lowest BCUT2D eigenvalue weighted by atomic mass is 10.1. The lowest BCUT2D eigenvalue weighted by molar-refractivity contribution is 0.0792. The number of carbonyl (C=O) groups excluding carboxylic acids is 1. The summed E-state index contributed by atoms with van der Waals surface area (Å²) in [6.45, 7) is 3.86. The molecule has 0 aromatic heterocycles. The van der Waals surface area contributed by atoms with Crippen LogP contribution < -0.4 is 4.74 Å². The molecule has 1 heterocycles. The standard InChI is InChI=1S/C14H19NO2.C2H6O/c1-3-11-8-12(10-13(9-11)17-2)14(16)15-6-4-5-7-15;1-3-2/h8-10H,3-7H2,1-2H3;1-2H3. The second kappa shape index (κ2) is 8.59. The summed E-state index contributed by atoms with van der Waals surface area (Å²) in [6.07, 6.45) is 3.16. The third-order valence-electron chi connectivity index (χ3n) is 3.25. The quantitative estimate of drug-likeness (QED) is 0.854. The van der Waals surface area contributed by atoms with Crippen molar-refractivity contribution < 1.29 is 14.3 Å². The molecule has 1 aromatic carbocycles. The molecule has 1 aromatic rings. The highest BCUT2D eigenvalue weighted by atomic mass is 16.5. The van der Waals surface area contributed by atoms with E-state index in [0.29, 0.717) is 0 Å². The Balaban J connectivity index is 0.000000612. The maximum absolute atomic E-state index is 12.3. The number of aryl methyl sites for hydroxylation is 1. The zero-order valence-corrected chi connectivity index (χ0v) is 12.9. The van der Waals surface area contributed by atoms with Gasteiger partial charge in [0.1, 0.15) is 5.75 Å². The molecule has 2 rings (SSSR count). The monoisotopic (exact) mass is 279 g/mol. The molecule has 0 aliphatic carbocycles. The number of likely N-dealkylation sites (tertiary alicyclic amines) is 1. The first kappa shape index (κ1) is 16.5. The van der Waals surface area contributed by atoms with Gasteiger partial charge in [0.15, 0.2) is 0 Å². The molecule has 112 valence electrons. The topological polar surface area (TPSA) is 38.8 Å². The number of methoxy groups -OCH3 is 2. The van der Waals surface area contributed by atoms with E-state index >= 15 is 0 Å². The maximum atomic E-state index is 12.3. The molecule has 0 saturated carbocycles. The van der Waals surface area contributed by atoms with Crippen molar-refractivity contribution in [2.75, 3.05) is 34.4 Å². The first-order valence-corrected chi connectivity index (χ1v) is 7.03. The van der Waals surface area contributed by atoms with E-state index in [-0.39, 0.29) is 5.91 Å². The van der Waals surface area contributed by atoms with Crippen LogP contribution in [-0.4, -0.2) is 45.2 Å². The van der Waals surface area contributed by atoms with Crippen molar-refractivity contribution in [3.05, 3.63) is 29.3 Å². The highest BCUT2D eigenvalue weighted by Gasteiger charge is 2.20. The lowest BCUT2D eigenvalue weighted by Gasteiger charge is -2.16. The predicted molar refractivity (Wildman–Crippen MR) is 80.4 cm³/mol. The van der Waals surface area contributed by atoms with Crippen LogP contribution in [0, 0.1) is 0 Å². The minimum absolute atomic E-state index is 0.135. The molecule has 0 unspecified atom stereocenters. The molecule has 1 fully saturated rings. The lowest BCUT2D eigenvalue weighted by Crippen LogP contribution is -2.27. The van der Waals surface area contributed by atoms with Gasteiger partial charge in [-0.2, -0.15) is 0 Å². The number of hydrogen-bond donors (Lipinski definition) is 0. The number of benzene rings is 1. The first-order valence-electron chi connectivity index (χ1n) is 7.03. The Morgan fingerprint density at radius 1 is 1.15 bits per heavy atom. The van der Waals surface area contributed by atoms with Gasteiger partial charge in [0.05, 0.1) is 7.11 Å². The number of carbonyl (C=O) groups is 1. The van der Waals surface area contributed by atoms with Gasteiger partial charge in [0.25, 0.3) is 5.91 Å². The summed E-state index contributed by atoms with van der Waals surface area (Å²) in [6, 6.07) is 5.80. The Morgan fingerprint density at radius 2 is 1.75 bits per heavy atom. The van der Waals surface area contributed by atoms with Crippen molar-refractivity contribution in [2.45, 2.75) is 26.2 Å². The number of ether oxygens (including phenoxy) is 2. The minimum atomic E-state index is 0.135. The highest BCUT2D eigenvalue weighted by molar-refractivity contribution is 5.95. The molecule has 1 saturated heterocycles. The van der Waals surface area contributed by atoms with Gasteiger partial charge in [-0.25, -0.2) is 0 Å². The third kappa shape index (κ3) is 4.53. The van der Waals surface area contributed by atoms with Crippen molar-refractivity contribution >= 4 is 5.91 Å². The molecular formula is C16H25NO3. The molecule has 4 nitrogen and oxygen atoms in total. The molecule has 4 heteroatoms. The van der Waals surface area contributed by atoms with Crippen molar-refractivity contribution in [2.24, 2.45) is 0 Å². The Morgan fingerprint density at radius 3 is 2.25 bits per heavy atom. The fourth-order valence-corrected chi connectivity index (χ4v) is 2.21. The predicted octanol–water partition coefficient (Wildman–Crippen LogP) is 2.76. The fourth-order valence-electron chi connectivity index (χ4n) is 2.21. The summed E-state index contributed by atoms with van der Waals surface area (Å²) in [5.41, 5.74) is 1.90. The minimum Gasteiger partial charge on any atom is -0.497 e. The van der Waals surface area contributed by atoms with E-state index in [1.165, 1.54) is 0 Å². The van der Waals surface area contributed by atoms with Crippen molar-refractivity contribution in [1.29, 1.82) is 0 Å². The van der Waals surface area contributed by atoms with E-state index in [2.05, 4.69) is 11.7 Å². The fraction of sp³-hybridized carbons (Fsp3) is 0.562. The van der Waals surface area contributed by atoms with E-state index in [1.807, 2.05) is 23.1 Å². The van der Waals surface area contributed by atoms with E-state index in [1.54, 1.807) is 21.3 Å². The average molecular weight is 279 g/mol. The highest BCUT2D eigenvalue weighted by Crippen LogP contribution is 2.20. The van der Waals surface area contributed by atoms with Crippen molar-refractivity contribution in [3.63, 3.8) is 0 Å². The molecule has 1 aliphatic heterocycles. The van der Waals surface area contributed by atoms with Crippen LogP contribution in [0.3, 0.4) is 0 Å². The molecule has 0 atom stereocenters. The van der Waals surface area contributed by atoms with Gasteiger partial charge in [-0.1, -0.05) is 6.92 Å². The molecule has 0 spiro atoms. The van der Waals surface area contributed by atoms with Gasteiger partial charge in [-0.3, -0.25) is 4.79 Å². The summed E-state index contributed by atoms with van der Waals surface area (Å²) in [5, 5.41) is 0. The van der Waals surface area contributed by atoms with Crippen LogP contribution in [0.2, 0.25) is 0 Å². The van der Waals surface area contributed by atoms with E-state index in [4.69, 9.17) is 4.74 Å². The van der Waals surface area contributed by atoms with Crippen LogP contribution in [0.1, 0.15) is 35.7 Å². The zero-order chi connectivity index (χ0) is 15.0. The molecule has 0 radical (unpaired) electrons. The summed E-state index contributed by atoms with van der Waals surface area (Å²) in [5.74, 6) is 0.906. The van der Waals surface area contributed by atoms with Gasteiger partial charge in [-0.05, 0) is 43.0 Å². The van der Waals surface area contributed by atoms with Crippen molar-refractivity contribution in [3.8, 4) is 5.75 Å². The molecular weight excluding hydrogens is 254 g/mol. The van der Waals surface area contributed by atoms with Gasteiger partial charge >= 0.3 is 0 Å². The largest absolute Gasteiger partial charge is 0.497 e. The third-order valence-corrected chi connectivity index (χ3v) is 3.25. The van der Waals surface area contributed by atoms with Crippen LogP contribution in [0.25, 0.3) is 0 Å². The summed E-state index contributed by atoms with van der Waals surface area (Å²) >= 11 is 0. The Hall–Kier alpha value is -1.55. The van der Waals surface area contributed by atoms with E-state index in [9.17, 15) is 4.79 Å². The first-order chi connectivity index (χ1) is 9.65. The number of hydrogen-bond acceptors (Lipinski definition) is 3. The Bertz CT molecular complexity index is 403. The van der Waals surface area contributed by atoms with E-state index < -0.39 is 0 Å². The SMILES string of the molecule is CCc1cc(OC)cc(C(=O)N2CCCC2)c1.COC. The molecule has 0 N–H and O–H groups in total.